The van der Waals surface area contributed by atoms with Gasteiger partial charge in [0.2, 0.25) is 10.0 Å². The highest BCUT2D eigenvalue weighted by Crippen LogP contribution is 2.28. The Morgan fingerprint density at radius 2 is 1.90 bits per heavy atom. The molecule has 0 aliphatic carbocycles. The molecule has 20 heavy (non-hydrogen) atoms. The number of alkyl halides is 3. The van der Waals surface area contributed by atoms with Gasteiger partial charge in [-0.1, -0.05) is 0 Å². The predicted molar refractivity (Wildman–Crippen MR) is 69.0 cm³/mol. The van der Waals surface area contributed by atoms with Gasteiger partial charge in [-0.3, -0.25) is 0 Å². The maximum Gasteiger partial charge on any atom is 0.390 e. The minimum atomic E-state index is -4.50. The average Bonchev–Trinajstić information content (AvgIpc) is 2.29. The molecule has 0 saturated heterocycles. The summed E-state index contributed by atoms with van der Waals surface area (Å²) in [6, 6.07) is 2.02. The number of halogens is 5. The Balaban J connectivity index is 3.11. The van der Waals surface area contributed by atoms with Crippen molar-refractivity contribution in [3.05, 3.63) is 22.4 Å². The summed E-state index contributed by atoms with van der Waals surface area (Å²) < 4.78 is 74.3. The Labute approximate surface area is 121 Å². The molecule has 1 aromatic carbocycles. The first kappa shape index (κ1) is 17.2. The molecule has 0 amide bonds. The van der Waals surface area contributed by atoms with Crippen molar-refractivity contribution in [1.82, 2.24) is 4.31 Å². The van der Waals surface area contributed by atoms with Gasteiger partial charge < -0.3 is 5.73 Å². The normalized spacial score (nSPS) is 12.9. The first-order chi connectivity index (χ1) is 8.95. The Hall–Kier alpha value is -0.870. The smallest absolute Gasteiger partial charge is 0.390 e. The summed E-state index contributed by atoms with van der Waals surface area (Å²) in [6.07, 6.45) is -5.83. The number of benzene rings is 1. The van der Waals surface area contributed by atoms with Gasteiger partial charge in [0.25, 0.3) is 0 Å². The number of nitrogen functional groups attached to an aromatic ring is 1. The Morgan fingerprint density at radius 3 is 2.40 bits per heavy atom. The van der Waals surface area contributed by atoms with Crippen LogP contribution < -0.4 is 5.73 Å². The fourth-order valence-electron chi connectivity index (χ4n) is 1.34. The summed E-state index contributed by atoms with van der Waals surface area (Å²) in [7, 11) is -3.45. The molecule has 114 valence electrons. The van der Waals surface area contributed by atoms with Gasteiger partial charge >= 0.3 is 6.18 Å². The molecule has 1 rings (SSSR count). The molecule has 1 aromatic rings. The van der Waals surface area contributed by atoms with Crippen LogP contribution in [0.2, 0.25) is 0 Å². The van der Waals surface area contributed by atoms with E-state index in [0.29, 0.717) is 4.31 Å². The van der Waals surface area contributed by atoms with Crippen molar-refractivity contribution in [1.29, 1.82) is 0 Å². The SMILES string of the molecule is CN(CCC(F)(F)F)S(=O)(=O)c1cc(N)cc(Br)c1F. The van der Waals surface area contributed by atoms with E-state index in [4.69, 9.17) is 5.73 Å². The van der Waals surface area contributed by atoms with E-state index in [1.165, 1.54) is 0 Å². The quantitative estimate of drug-likeness (QED) is 0.647. The van der Waals surface area contributed by atoms with Crippen LogP contribution in [0.5, 0.6) is 0 Å². The number of nitrogens with two attached hydrogens (primary N) is 1. The van der Waals surface area contributed by atoms with Crippen LogP contribution in [-0.2, 0) is 10.0 Å². The fourth-order valence-corrected chi connectivity index (χ4v) is 3.24. The van der Waals surface area contributed by atoms with E-state index in [1.54, 1.807) is 0 Å². The topological polar surface area (TPSA) is 63.4 Å². The van der Waals surface area contributed by atoms with Crippen LogP contribution in [0.3, 0.4) is 0 Å². The predicted octanol–water partition coefficient (Wildman–Crippen LogP) is 2.74. The Bertz CT molecular complexity index is 604. The van der Waals surface area contributed by atoms with Gasteiger partial charge in [-0.25, -0.2) is 17.1 Å². The monoisotopic (exact) mass is 378 g/mol. The van der Waals surface area contributed by atoms with Crippen molar-refractivity contribution in [2.24, 2.45) is 0 Å². The van der Waals surface area contributed by atoms with Gasteiger partial charge in [0.15, 0.2) is 5.82 Å². The van der Waals surface area contributed by atoms with Crippen molar-refractivity contribution in [3.63, 3.8) is 0 Å². The summed E-state index contributed by atoms with van der Waals surface area (Å²) in [5.74, 6) is -1.10. The van der Waals surface area contributed by atoms with E-state index in [2.05, 4.69) is 15.9 Å². The van der Waals surface area contributed by atoms with Crippen LogP contribution in [0.1, 0.15) is 6.42 Å². The largest absolute Gasteiger partial charge is 0.399 e. The molecule has 0 fully saturated rings. The molecule has 0 aromatic heterocycles. The summed E-state index contributed by atoms with van der Waals surface area (Å²) in [6.45, 7) is -0.808. The van der Waals surface area contributed by atoms with Crippen LogP contribution in [0.15, 0.2) is 21.5 Å². The summed E-state index contributed by atoms with van der Waals surface area (Å²) in [4.78, 5) is -0.769. The van der Waals surface area contributed by atoms with Crippen LogP contribution >= 0.6 is 15.9 Å². The fraction of sp³-hybridized carbons (Fsp3) is 0.400. The molecule has 0 aliphatic rings. The highest BCUT2D eigenvalue weighted by Gasteiger charge is 2.32. The molecule has 0 heterocycles. The lowest BCUT2D eigenvalue weighted by Gasteiger charge is -2.19. The van der Waals surface area contributed by atoms with E-state index < -0.39 is 39.9 Å². The third-order valence-electron chi connectivity index (χ3n) is 2.42. The number of hydrogen-bond acceptors (Lipinski definition) is 3. The minimum Gasteiger partial charge on any atom is -0.399 e. The molecule has 0 bridgehead atoms. The second-order valence-corrected chi connectivity index (χ2v) is 6.87. The van der Waals surface area contributed by atoms with E-state index >= 15 is 0 Å². The molecule has 10 heteroatoms. The summed E-state index contributed by atoms with van der Waals surface area (Å²) in [5.41, 5.74) is 5.38. The maximum absolute atomic E-state index is 13.8. The highest BCUT2D eigenvalue weighted by molar-refractivity contribution is 9.10. The molecule has 0 saturated carbocycles. The average molecular weight is 379 g/mol. The minimum absolute atomic E-state index is 0.0268. The van der Waals surface area contributed by atoms with Crippen molar-refractivity contribution in [2.75, 3.05) is 19.3 Å². The zero-order valence-corrected chi connectivity index (χ0v) is 12.6. The molecule has 0 spiro atoms. The summed E-state index contributed by atoms with van der Waals surface area (Å²) in [5, 5.41) is 0. The van der Waals surface area contributed by atoms with Gasteiger partial charge in [0.05, 0.1) is 10.9 Å². The van der Waals surface area contributed by atoms with Crippen molar-refractivity contribution >= 4 is 31.6 Å². The number of sulfonamides is 1. The van der Waals surface area contributed by atoms with Crippen LogP contribution in [0.4, 0.5) is 23.2 Å². The van der Waals surface area contributed by atoms with E-state index in [0.717, 1.165) is 19.2 Å². The van der Waals surface area contributed by atoms with Crippen molar-refractivity contribution in [3.8, 4) is 0 Å². The van der Waals surface area contributed by atoms with Gasteiger partial charge in [0, 0.05) is 19.3 Å². The number of hydrogen-bond donors (Lipinski definition) is 1. The molecular weight excluding hydrogens is 368 g/mol. The molecule has 2 N–H and O–H groups in total. The van der Waals surface area contributed by atoms with Crippen molar-refractivity contribution in [2.45, 2.75) is 17.5 Å². The lowest BCUT2D eigenvalue weighted by Crippen LogP contribution is -2.31. The molecular formula is C10H11BrF4N2O2S. The zero-order chi connectivity index (χ0) is 15.7. The zero-order valence-electron chi connectivity index (χ0n) is 10.2. The molecule has 4 nitrogen and oxygen atoms in total. The first-order valence-electron chi connectivity index (χ1n) is 5.23. The second-order valence-electron chi connectivity index (χ2n) is 4.01. The third-order valence-corrected chi connectivity index (χ3v) is 4.85. The Morgan fingerprint density at radius 1 is 1.35 bits per heavy atom. The van der Waals surface area contributed by atoms with E-state index in [9.17, 15) is 26.0 Å². The maximum atomic E-state index is 13.8. The van der Waals surface area contributed by atoms with Crippen molar-refractivity contribution < 1.29 is 26.0 Å². The molecule has 0 radical (unpaired) electrons. The van der Waals surface area contributed by atoms with Crippen LogP contribution in [0, 0.1) is 5.82 Å². The van der Waals surface area contributed by atoms with E-state index in [1.807, 2.05) is 0 Å². The van der Waals surface area contributed by atoms with Crippen LogP contribution in [-0.4, -0.2) is 32.5 Å². The van der Waals surface area contributed by atoms with Crippen LogP contribution in [0.25, 0.3) is 0 Å². The van der Waals surface area contributed by atoms with E-state index in [-0.39, 0.29) is 10.2 Å². The standard InChI is InChI=1S/C10H11BrF4N2O2S/c1-17(3-2-10(13,14)15)20(18,19)8-5-6(16)4-7(11)9(8)12/h4-5H,2-3,16H2,1H3. The van der Waals surface area contributed by atoms with Gasteiger partial charge in [-0.2, -0.15) is 13.2 Å². The van der Waals surface area contributed by atoms with Gasteiger partial charge in [-0.05, 0) is 28.1 Å². The highest BCUT2D eigenvalue weighted by atomic mass is 79.9. The lowest BCUT2D eigenvalue weighted by molar-refractivity contribution is -0.135. The number of anilines is 1. The summed E-state index contributed by atoms with van der Waals surface area (Å²) >= 11 is 2.79. The Kier molecular flexibility index (Phi) is 5.03. The van der Waals surface area contributed by atoms with Gasteiger partial charge in [0.1, 0.15) is 4.90 Å². The lowest BCUT2D eigenvalue weighted by atomic mass is 10.3. The third kappa shape index (κ3) is 4.06. The number of rotatable bonds is 4. The van der Waals surface area contributed by atoms with Gasteiger partial charge in [-0.15, -0.1) is 0 Å². The molecule has 0 atom stereocenters. The molecule has 0 unspecified atom stereocenters. The second kappa shape index (κ2) is 5.86. The molecule has 0 aliphatic heterocycles. The number of nitrogens with zero attached hydrogens (tertiary/aromatic N) is 1. The first-order valence-corrected chi connectivity index (χ1v) is 7.46.